The fourth-order valence-corrected chi connectivity index (χ4v) is 1.27. The van der Waals surface area contributed by atoms with Gasteiger partial charge in [0.2, 0.25) is 0 Å². The lowest BCUT2D eigenvalue weighted by Crippen LogP contribution is -2.25. The van der Waals surface area contributed by atoms with Gasteiger partial charge in [0.25, 0.3) is 0 Å². The first kappa shape index (κ1) is 12.4. The third-order valence-electron chi connectivity index (χ3n) is 2.41. The van der Waals surface area contributed by atoms with Gasteiger partial charge in [-0.1, -0.05) is 44.1 Å². The van der Waals surface area contributed by atoms with Gasteiger partial charge in [0.1, 0.15) is 0 Å². The Balaban J connectivity index is 3.83. The summed E-state index contributed by atoms with van der Waals surface area (Å²) in [6.45, 7) is 12.2. The van der Waals surface area contributed by atoms with Gasteiger partial charge in [-0.25, -0.2) is 0 Å². The molecule has 13 heavy (non-hydrogen) atoms. The molecule has 0 spiro atoms. The number of hydrogen-bond acceptors (Lipinski definition) is 1. The Morgan fingerprint density at radius 3 is 2.38 bits per heavy atom. The van der Waals surface area contributed by atoms with Gasteiger partial charge in [-0.05, 0) is 26.8 Å². The summed E-state index contributed by atoms with van der Waals surface area (Å²) in [5.41, 5.74) is 2.28. The largest absolute Gasteiger partial charge is 0.317 e. The lowest BCUT2D eigenvalue weighted by molar-refractivity contribution is 0.499. The maximum atomic E-state index is 4.01. The van der Waals surface area contributed by atoms with E-state index in [0.717, 1.165) is 12.0 Å². The molecule has 1 N–H and O–H groups in total. The van der Waals surface area contributed by atoms with Gasteiger partial charge in [0.05, 0.1) is 0 Å². The highest BCUT2D eigenvalue weighted by atomic mass is 14.9. The van der Waals surface area contributed by atoms with Crippen LogP contribution in [0.3, 0.4) is 0 Å². The van der Waals surface area contributed by atoms with E-state index in [1.807, 2.05) is 14.0 Å². The fraction of sp³-hybridized carbons (Fsp3) is 0.667. The number of nitrogens with one attached hydrogen (secondary N) is 1. The van der Waals surface area contributed by atoms with Crippen molar-refractivity contribution in [2.45, 2.75) is 45.6 Å². The van der Waals surface area contributed by atoms with Crippen LogP contribution in [0.5, 0.6) is 0 Å². The molecule has 0 radical (unpaired) electrons. The molecule has 0 aliphatic heterocycles. The Hall–Kier alpha value is -0.560. The SMILES string of the molecule is C=C(C)C(=C)CC(CCCC)NC. The van der Waals surface area contributed by atoms with Crippen LogP contribution in [0.25, 0.3) is 0 Å². The first-order valence-electron chi connectivity index (χ1n) is 5.12. The molecule has 0 aromatic carbocycles. The first-order chi connectivity index (χ1) is 6.11. The summed E-state index contributed by atoms with van der Waals surface area (Å²) < 4.78 is 0. The second-order valence-corrected chi connectivity index (χ2v) is 3.72. The highest BCUT2D eigenvalue weighted by Gasteiger charge is 2.07. The van der Waals surface area contributed by atoms with Crippen LogP contribution in [-0.2, 0) is 0 Å². The van der Waals surface area contributed by atoms with Gasteiger partial charge in [-0.2, -0.15) is 0 Å². The number of rotatable bonds is 7. The van der Waals surface area contributed by atoms with Crippen molar-refractivity contribution in [2.24, 2.45) is 0 Å². The Morgan fingerprint density at radius 2 is 2.00 bits per heavy atom. The zero-order valence-electron chi connectivity index (χ0n) is 9.32. The zero-order valence-corrected chi connectivity index (χ0v) is 9.32. The Kier molecular flexibility index (Phi) is 6.61. The van der Waals surface area contributed by atoms with Crippen molar-refractivity contribution in [3.8, 4) is 0 Å². The normalized spacial score (nSPS) is 12.5. The minimum atomic E-state index is 0.573. The van der Waals surface area contributed by atoms with Crippen molar-refractivity contribution in [1.29, 1.82) is 0 Å². The van der Waals surface area contributed by atoms with Crippen LogP contribution in [0.4, 0.5) is 0 Å². The zero-order chi connectivity index (χ0) is 10.3. The van der Waals surface area contributed by atoms with E-state index < -0.39 is 0 Å². The molecule has 0 aliphatic carbocycles. The van der Waals surface area contributed by atoms with Gasteiger partial charge in [0.15, 0.2) is 0 Å². The molecular weight excluding hydrogens is 158 g/mol. The van der Waals surface area contributed by atoms with Crippen molar-refractivity contribution in [2.75, 3.05) is 7.05 Å². The summed E-state index contributed by atoms with van der Waals surface area (Å²) in [5.74, 6) is 0. The van der Waals surface area contributed by atoms with Crippen LogP contribution in [0.15, 0.2) is 24.3 Å². The molecule has 0 saturated heterocycles. The summed E-state index contributed by atoms with van der Waals surface area (Å²) in [6.07, 6.45) is 4.82. The van der Waals surface area contributed by atoms with Crippen LogP contribution in [0.1, 0.15) is 39.5 Å². The molecule has 76 valence electrons. The van der Waals surface area contributed by atoms with Crippen LogP contribution in [0.2, 0.25) is 0 Å². The first-order valence-corrected chi connectivity index (χ1v) is 5.12. The van der Waals surface area contributed by atoms with Crippen molar-refractivity contribution in [3.63, 3.8) is 0 Å². The average Bonchev–Trinajstić information content (AvgIpc) is 2.11. The van der Waals surface area contributed by atoms with Gasteiger partial charge >= 0.3 is 0 Å². The molecule has 0 amide bonds. The molecule has 0 aromatic rings. The van der Waals surface area contributed by atoms with E-state index in [1.165, 1.54) is 24.8 Å². The Bertz CT molecular complexity index is 170. The van der Waals surface area contributed by atoms with Crippen LogP contribution in [-0.4, -0.2) is 13.1 Å². The molecule has 1 atom stereocenters. The van der Waals surface area contributed by atoms with Crippen LogP contribution in [0, 0.1) is 0 Å². The molecule has 0 aliphatic rings. The van der Waals surface area contributed by atoms with E-state index in [2.05, 4.69) is 25.4 Å². The Labute approximate surface area is 82.9 Å². The van der Waals surface area contributed by atoms with E-state index in [4.69, 9.17) is 0 Å². The van der Waals surface area contributed by atoms with Crippen LogP contribution >= 0.6 is 0 Å². The van der Waals surface area contributed by atoms with E-state index in [1.54, 1.807) is 0 Å². The molecule has 0 saturated carbocycles. The van der Waals surface area contributed by atoms with Crippen molar-refractivity contribution >= 4 is 0 Å². The number of unbranched alkanes of at least 4 members (excludes halogenated alkanes) is 1. The van der Waals surface area contributed by atoms with Gasteiger partial charge in [0, 0.05) is 6.04 Å². The lowest BCUT2D eigenvalue weighted by Gasteiger charge is -2.17. The molecule has 1 heteroatoms. The quantitative estimate of drug-likeness (QED) is 0.594. The van der Waals surface area contributed by atoms with Gasteiger partial charge in [-0.3, -0.25) is 0 Å². The molecule has 1 unspecified atom stereocenters. The third kappa shape index (κ3) is 5.64. The van der Waals surface area contributed by atoms with Crippen LogP contribution < -0.4 is 5.32 Å². The summed E-state index contributed by atoms with van der Waals surface area (Å²) in [4.78, 5) is 0. The topological polar surface area (TPSA) is 12.0 Å². The molecule has 0 bridgehead atoms. The minimum Gasteiger partial charge on any atom is -0.317 e. The van der Waals surface area contributed by atoms with Crippen molar-refractivity contribution in [3.05, 3.63) is 24.3 Å². The fourth-order valence-electron chi connectivity index (χ4n) is 1.27. The Morgan fingerprint density at radius 1 is 1.38 bits per heavy atom. The molecule has 0 aromatic heterocycles. The average molecular weight is 181 g/mol. The minimum absolute atomic E-state index is 0.573. The molecule has 1 nitrogen and oxygen atoms in total. The summed E-state index contributed by atoms with van der Waals surface area (Å²) in [7, 11) is 2.02. The molecular formula is C12H23N. The third-order valence-corrected chi connectivity index (χ3v) is 2.41. The monoisotopic (exact) mass is 181 g/mol. The van der Waals surface area contributed by atoms with E-state index in [0.29, 0.717) is 6.04 Å². The smallest absolute Gasteiger partial charge is 0.0104 e. The second kappa shape index (κ2) is 6.90. The predicted octanol–water partition coefficient (Wildman–Crippen LogP) is 3.29. The molecule has 0 fully saturated rings. The van der Waals surface area contributed by atoms with E-state index in [9.17, 15) is 0 Å². The number of allylic oxidation sites excluding steroid dienone is 1. The molecule has 0 heterocycles. The van der Waals surface area contributed by atoms with Crippen molar-refractivity contribution in [1.82, 2.24) is 5.32 Å². The number of hydrogen-bond donors (Lipinski definition) is 1. The van der Waals surface area contributed by atoms with E-state index in [-0.39, 0.29) is 0 Å². The van der Waals surface area contributed by atoms with E-state index >= 15 is 0 Å². The summed E-state index contributed by atoms with van der Waals surface area (Å²) >= 11 is 0. The van der Waals surface area contributed by atoms with Gasteiger partial charge in [-0.15, -0.1) is 0 Å². The maximum Gasteiger partial charge on any atom is 0.0104 e. The van der Waals surface area contributed by atoms with Crippen molar-refractivity contribution < 1.29 is 0 Å². The highest BCUT2D eigenvalue weighted by Crippen LogP contribution is 2.14. The predicted molar refractivity (Wildman–Crippen MR) is 60.9 cm³/mol. The summed E-state index contributed by atoms with van der Waals surface area (Å²) in [5, 5.41) is 3.32. The highest BCUT2D eigenvalue weighted by molar-refractivity contribution is 5.23. The summed E-state index contributed by atoms with van der Waals surface area (Å²) in [6, 6.07) is 0.573. The molecule has 0 rings (SSSR count). The standard InChI is InChI=1S/C12H23N/c1-6-7-8-12(13-5)9-11(4)10(2)3/h12-13H,2,4,6-9H2,1,3,5H3. The maximum absolute atomic E-state index is 4.01. The second-order valence-electron chi connectivity index (χ2n) is 3.72. The van der Waals surface area contributed by atoms with Gasteiger partial charge < -0.3 is 5.32 Å². The lowest BCUT2D eigenvalue weighted by atomic mass is 9.99.